The first-order valence-electron chi connectivity index (χ1n) is 7.71. The third-order valence-electron chi connectivity index (χ3n) is 4.29. The number of nitrogens with zero attached hydrogens (tertiary/aromatic N) is 3. The van der Waals surface area contributed by atoms with Crippen LogP contribution in [-0.2, 0) is 22.6 Å². The van der Waals surface area contributed by atoms with Gasteiger partial charge in [-0.05, 0) is 19.3 Å². The van der Waals surface area contributed by atoms with E-state index in [0.717, 1.165) is 31.4 Å². The van der Waals surface area contributed by atoms with E-state index in [4.69, 9.17) is 4.42 Å². The number of amides is 2. The second kappa shape index (κ2) is 5.87. The van der Waals surface area contributed by atoms with Gasteiger partial charge in [-0.3, -0.25) is 9.59 Å². The molecule has 2 fully saturated rings. The minimum Gasteiger partial charge on any atom is -0.444 e. The lowest BCUT2D eigenvalue weighted by Gasteiger charge is -2.34. The predicted octanol–water partition coefficient (Wildman–Crippen LogP) is 1.35. The molecule has 1 unspecified atom stereocenters. The Morgan fingerprint density at radius 2 is 2.19 bits per heavy atom. The fourth-order valence-electron chi connectivity index (χ4n) is 3.09. The summed E-state index contributed by atoms with van der Waals surface area (Å²) < 4.78 is 5.58. The van der Waals surface area contributed by atoms with Crippen molar-refractivity contribution in [3.63, 3.8) is 0 Å². The first-order chi connectivity index (χ1) is 10.2. The molecule has 0 N–H and O–H groups in total. The molecule has 0 radical (unpaired) electrons. The van der Waals surface area contributed by atoms with Crippen LogP contribution in [0, 0.1) is 0 Å². The number of oxazole rings is 1. The second-order valence-electron chi connectivity index (χ2n) is 5.68. The van der Waals surface area contributed by atoms with Gasteiger partial charge in [0, 0.05) is 25.9 Å². The van der Waals surface area contributed by atoms with Crippen LogP contribution in [0.5, 0.6) is 0 Å². The summed E-state index contributed by atoms with van der Waals surface area (Å²) in [6, 6.07) is -0.283. The highest BCUT2D eigenvalue weighted by molar-refractivity contribution is 5.90. The van der Waals surface area contributed by atoms with Crippen LogP contribution in [0.15, 0.2) is 10.6 Å². The minimum atomic E-state index is -0.283. The van der Waals surface area contributed by atoms with E-state index in [1.807, 2.05) is 6.92 Å². The number of hydrogen-bond acceptors (Lipinski definition) is 4. The van der Waals surface area contributed by atoms with Gasteiger partial charge in [-0.1, -0.05) is 6.92 Å². The van der Waals surface area contributed by atoms with E-state index in [1.54, 1.807) is 16.0 Å². The standard InChI is InChI=1S/C15H21N3O3/c1-2-11-9-16-13(21-11)10-17-8-6-14(19)18-7-4-3-5-12(18)15(17)20/h9,12H,2-8,10H2,1H3. The van der Waals surface area contributed by atoms with Gasteiger partial charge in [0.2, 0.25) is 17.7 Å². The van der Waals surface area contributed by atoms with Crippen molar-refractivity contribution >= 4 is 11.8 Å². The number of hydrogen-bond donors (Lipinski definition) is 0. The molecule has 1 aromatic heterocycles. The first-order valence-corrected chi connectivity index (χ1v) is 7.71. The Balaban J connectivity index is 1.75. The average Bonchev–Trinajstić information content (AvgIpc) is 2.93. The van der Waals surface area contributed by atoms with Gasteiger partial charge in [-0.2, -0.15) is 0 Å². The van der Waals surface area contributed by atoms with Crippen molar-refractivity contribution in [3.8, 4) is 0 Å². The summed E-state index contributed by atoms with van der Waals surface area (Å²) in [5, 5.41) is 0. The molecular formula is C15H21N3O3. The molecule has 21 heavy (non-hydrogen) atoms. The zero-order valence-electron chi connectivity index (χ0n) is 12.4. The highest BCUT2D eigenvalue weighted by atomic mass is 16.4. The Labute approximate surface area is 124 Å². The third kappa shape index (κ3) is 2.80. The lowest BCUT2D eigenvalue weighted by atomic mass is 10.0. The van der Waals surface area contributed by atoms with E-state index >= 15 is 0 Å². The number of fused-ring (bicyclic) bond motifs is 1. The van der Waals surface area contributed by atoms with E-state index in [1.165, 1.54) is 0 Å². The van der Waals surface area contributed by atoms with Crippen LogP contribution >= 0.6 is 0 Å². The molecule has 2 aliphatic rings. The molecule has 0 bridgehead atoms. The summed E-state index contributed by atoms with van der Waals surface area (Å²) >= 11 is 0. The van der Waals surface area contributed by atoms with Gasteiger partial charge in [0.1, 0.15) is 11.8 Å². The van der Waals surface area contributed by atoms with Gasteiger partial charge >= 0.3 is 0 Å². The van der Waals surface area contributed by atoms with Gasteiger partial charge in [0.15, 0.2) is 0 Å². The van der Waals surface area contributed by atoms with Gasteiger partial charge in [0.05, 0.1) is 12.7 Å². The summed E-state index contributed by atoms with van der Waals surface area (Å²) in [5.41, 5.74) is 0. The zero-order valence-corrected chi connectivity index (χ0v) is 12.4. The van der Waals surface area contributed by atoms with E-state index in [9.17, 15) is 9.59 Å². The topological polar surface area (TPSA) is 66.7 Å². The lowest BCUT2D eigenvalue weighted by Crippen LogP contribution is -2.49. The van der Waals surface area contributed by atoms with Crippen LogP contribution < -0.4 is 0 Å². The summed E-state index contributed by atoms with van der Waals surface area (Å²) in [4.78, 5) is 32.5. The van der Waals surface area contributed by atoms with Crippen molar-refractivity contribution in [1.82, 2.24) is 14.8 Å². The molecule has 0 saturated carbocycles. The van der Waals surface area contributed by atoms with Gasteiger partial charge in [-0.25, -0.2) is 4.98 Å². The van der Waals surface area contributed by atoms with Crippen LogP contribution in [0.4, 0.5) is 0 Å². The highest BCUT2D eigenvalue weighted by Crippen LogP contribution is 2.23. The zero-order chi connectivity index (χ0) is 14.8. The third-order valence-corrected chi connectivity index (χ3v) is 4.29. The van der Waals surface area contributed by atoms with Crippen LogP contribution in [-0.4, -0.2) is 45.7 Å². The molecule has 0 aliphatic carbocycles. The SMILES string of the molecule is CCc1cnc(CN2CCC(=O)N3CCCCC3C2=O)o1. The van der Waals surface area contributed by atoms with Gasteiger partial charge < -0.3 is 14.2 Å². The predicted molar refractivity (Wildman–Crippen MR) is 75.3 cm³/mol. The van der Waals surface area contributed by atoms with Crippen LogP contribution in [0.3, 0.4) is 0 Å². The van der Waals surface area contributed by atoms with Crippen molar-refractivity contribution in [2.75, 3.05) is 13.1 Å². The molecule has 0 spiro atoms. The number of piperidine rings is 1. The van der Waals surface area contributed by atoms with Gasteiger partial charge in [0.25, 0.3) is 0 Å². The first kappa shape index (κ1) is 14.1. The smallest absolute Gasteiger partial charge is 0.245 e. The number of rotatable bonds is 3. The molecule has 6 heteroatoms. The molecule has 2 aliphatic heterocycles. The number of carbonyl (C=O) groups excluding carboxylic acids is 2. The van der Waals surface area contributed by atoms with Crippen molar-refractivity contribution in [2.45, 2.75) is 51.6 Å². The number of carbonyl (C=O) groups is 2. The molecule has 3 rings (SSSR count). The Morgan fingerprint density at radius 3 is 2.95 bits per heavy atom. The lowest BCUT2D eigenvalue weighted by molar-refractivity contribution is -0.143. The maximum Gasteiger partial charge on any atom is 0.245 e. The fourth-order valence-corrected chi connectivity index (χ4v) is 3.09. The fraction of sp³-hybridized carbons (Fsp3) is 0.667. The molecular weight excluding hydrogens is 270 g/mol. The largest absolute Gasteiger partial charge is 0.444 e. The Morgan fingerprint density at radius 1 is 1.33 bits per heavy atom. The highest BCUT2D eigenvalue weighted by Gasteiger charge is 2.37. The summed E-state index contributed by atoms with van der Waals surface area (Å²) in [6.45, 7) is 3.52. The maximum absolute atomic E-state index is 12.7. The van der Waals surface area contributed by atoms with E-state index in [0.29, 0.717) is 31.9 Å². The molecule has 6 nitrogen and oxygen atoms in total. The van der Waals surface area contributed by atoms with Crippen molar-refractivity contribution in [3.05, 3.63) is 17.8 Å². The van der Waals surface area contributed by atoms with Crippen LogP contribution in [0.1, 0.15) is 44.3 Å². The van der Waals surface area contributed by atoms with Crippen molar-refractivity contribution in [2.24, 2.45) is 0 Å². The quantitative estimate of drug-likeness (QED) is 0.843. The molecule has 2 saturated heterocycles. The molecule has 3 heterocycles. The van der Waals surface area contributed by atoms with E-state index in [-0.39, 0.29) is 17.9 Å². The van der Waals surface area contributed by atoms with Crippen molar-refractivity contribution in [1.29, 1.82) is 0 Å². The monoisotopic (exact) mass is 291 g/mol. The van der Waals surface area contributed by atoms with Gasteiger partial charge in [-0.15, -0.1) is 0 Å². The number of aromatic nitrogens is 1. The maximum atomic E-state index is 12.7. The van der Waals surface area contributed by atoms with Crippen LogP contribution in [0.2, 0.25) is 0 Å². The Bertz CT molecular complexity index is 540. The Hall–Kier alpha value is -1.85. The number of aryl methyl sites for hydroxylation is 1. The normalized spacial score (nSPS) is 23.2. The minimum absolute atomic E-state index is 0.0387. The van der Waals surface area contributed by atoms with E-state index in [2.05, 4.69) is 4.98 Å². The van der Waals surface area contributed by atoms with Crippen molar-refractivity contribution < 1.29 is 14.0 Å². The molecule has 2 amide bonds. The summed E-state index contributed by atoms with van der Waals surface area (Å²) in [7, 11) is 0. The Kier molecular flexibility index (Phi) is 3.94. The molecule has 0 aromatic carbocycles. The second-order valence-corrected chi connectivity index (χ2v) is 5.68. The van der Waals surface area contributed by atoms with E-state index < -0.39 is 0 Å². The molecule has 1 aromatic rings. The average molecular weight is 291 g/mol. The summed E-state index contributed by atoms with van der Waals surface area (Å²) in [6.07, 6.45) is 5.66. The molecule has 1 atom stereocenters. The summed E-state index contributed by atoms with van der Waals surface area (Å²) in [5.74, 6) is 1.51. The molecule has 114 valence electrons. The van der Waals surface area contributed by atoms with Crippen LogP contribution in [0.25, 0.3) is 0 Å².